The van der Waals surface area contributed by atoms with E-state index in [1.54, 1.807) is 48.5 Å². The van der Waals surface area contributed by atoms with E-state index in [4.69, 9.17) is 6.57 Å². The molecular formula is C59H68N4O5. The lowest BCUT2D eigenvalue weighted by atomic mass is 9.68. The second-order valence-corrected chi connectivity index (χ2v) is 18.5. The average molecular weight is 913 g/mol. The Hall–Kier alpha value is -6.71. The average Bonchev–Trinajstić information content (AvgIpc) is 3.33. The highest BCUT2D eigenvalue weighted by Crippen LogP contribution is 2.58. The first-order valence-corrected chi connectivity index (χ1v) is 25.3. The number of anilines is 1. The molecule has 0 fully saturated rings. The fourth-order valence-electron chi connectivity index (χ4n) is 10.6. The summed E-state index contributed by atoms with van der Waals surface area (Å²) in [6, 6.07) is 23.2. The van der Waals surface area contributed by atoms with E-state index in [0.717, 1.165) is 140 Å². The first-order chi connectivity index (χ1) is 33.2. The summed E-state index contributed by atoms with van der Waals surface area (Å²) >= 11 is 0. The predicted octanol–water partition coefficient (Wildman–Crippen LogP) is 13.4. The second-order valence-electron chi connectivity index (χ2n) is 18.5. The Kier molecular flexibility index (Phi) is 16.5. The maximum Gasteiger partial charge on any atom is 0.270 e. The van der Waals surface area contributed by atoms with Crippen LogP contribution in [-0.4, -0.2) is 56.9 Å². The molecular weight excluding hydrogens is 845 g/mol. The van der Waals surface area contributed by atoms with Gasteiger partial charge >= 0.3 is 0 Å². The third-order valence-electron chi connectivity index (χ3n) is 13.9. The number of phenols is 4. The van der Waals surface area contributed by atoms with Crippen molar-refractivity contribution in [2.45, 2.75) is 130 Å². The number of nitriles is 1. The maximum atomic E-state index is 15.7. The molecule has 0 radical (unpaired) electrons. The van der Waals surface area contributed by atoms with Crippen LogP contribution in [0.1, 0.15) is 158 Å². The van der Waals surface area contributed by atoms with Gasteiger partial charge < -0.3 is 30.4 Å². The van der Waals surface area contributed by atoms with Crippen LogP contribution >= 0.6 is 0 Å². The van der Waals surface area contributed by atoms with E-state index >= 15 is 5.11 Å². The lowest BCUT2D eigenvalue weighted by molar-refractivity contribution is -0.528. The molecule has 0 saturated carbocycles. The summed E-state index contributed by atoms with van der Waals surface area (Å²) in [7, 11) is 0. The molecule has 4 N–H and O–H groups in total. The first-order valence-electron chi connectivity index (χ1n) is 25.3. The van der Waals surface area contributed by atoms with E-state index in [2.05, 4.69) is 48.1 Å². The third kappa shape index (κ3) is 9.54. The Morgan fingerprint density at radius 2 is 1.01 bits per heavy atom. The van der Waals surface area contributed by atoms with Crippen LogP contribution in [0.3, 0.4) is 0 Å². The molecule has 5 aromatic rings. The summed E-state index contributed by atoms with van der Waals surface area (Å²) in [4.78, 5) is 6.08. The molecule has 2 aliphatic carbocycles. The van der Waals surface area contributed by atoms with Crippen LogP contribution in [0.4, 0.5) is 5.69 Å². The smallest absolute Gasteiger partial charge is 0.270 e. The van der Waals surface area contributed by atoms with E-state index in [1.807, 2.05) is 24.3 Å². The minimum Gasteiger partial charge on any atom is -0.872 e. The molecule has 0 amide bonds. The molecule has 0 bridgehead atoms. The molecule has 9 heteroatoms. The maximum absolute atomic E-state index is 15.7. The highest BCUT2D eigenvalue weighted by molar-refractivity contribution is 6.27. The van der Waals surface area contributed by atoms with Gasteiger partial charge in [-0.3, -0.25) is 0 Å². The summed E-state index contributed by atoms with van der Waals surface area (Å²) in [5.41, 5.74) is 3.92. The number of allylic oxidation sites excluding steroid dienone is 3. The zero-order valence-corrected chi connectivity index (χ0v) is 40.6. The second kappa shape index (κ2) is 22.9. The van der Waals surface area contributed by atoms with Crippen molar-refractivity contribution in [1.82, 2.24) is 0 Å². The van der Waals surface area contributed by atoms with Crippen LogP contribution in [0.15, 0.2) is 95.4 Å². The summed E-state index contributed by atoms with van der Waals surface area (Å²) in [6.45, 7) is 20.2. The lowest BCUT2D eigenvalue weighted by Crippen LogP contribution is -2.31. The SMILES string of the molecule is [C-]#[N+]/C(C#N)=C1\C(=C2c3c(O)cccc3C(=[N+](CCCCCC)CCCCCC)c3cccc(O)c32)C([O-])=C1c1c2c(O)cccc2c(N(CCCCCC)CCCCCC)c2cccc(O)c12. The Balaban J connectivity index is 1.57. The Labute approximate surface area is 403 Å². The number of nitrogens with zero attached hydrogens (tertiary/aromatic N) is 4. The summed E-state index contributed by atoms with van der Waals surface area (Å²) in [5.74, 6) is -0.966. The van der Waals surface area contributed by atoms with Crippen molar-refractivity contribution in [2.24, 2.45) is 0 Å². The molecule has 9 nitrogen and oxygen atoms in total. The van der Waals surface area contributed by atoms with Crippen LogP contribution in [0.25, 0.3) is 37.5 Å². The van der Waals surface area contributed by atoms with Gasteiger partial charge in [-0.2, -0.15) is 0 Å². The molecule has 68 heavy (non-hydrogen) atoms. The van der Waals surface area contributed by atoms with Crippen molar-refractivity contribution < 1.29 is 30.1 Å². The monoisotopic (exact) mass is 913 g/mol. The molecule has 5 aromatic carbocycles. The van der Waals surface area contributed by atoms with Crippen molar-refractivity contribution in [3.8, 4) is 29.1 Å². The molecule has 7 rings (SSSR count). The zero-order chi connectivity index (χ0) is 48.3. The topological polar surface area (TPSA) is 138 Å². The number of hydrogen-bond acceptors (Lipinski definition) is 7. The van der Waals surface area contributed by atoms with Crippen molar-refractivity contribution >= 4 is 44.1 Å². The largest absolute Gasteiger partial charge is 0.872 e. The molecule has 354 valence electrons. The summed E-state index contributed by atoms with van der Waals surface area (Å²) in [6.07, 6.45) is 16.9. The van der Waals surface area contributed by atoms with Crippen molar-refractivity contribution in [3.05, 3.63) is 135 Å². The van der Waals surface area contributed by atoms with Crippen LogP contribution < -0.4 is 10.0 Å². The molecule has 0 heterocycles. The fraction of sp³-hybridized carbons (Fsp3) is 0.407. The quantitative estimate of drug-likeness (QED) is 0.0175. The molecule has 0 aliphatic heterocycles. The number of phenolic OH excluding ortho intramolecular Hbond substituents is 4. The van der Waals surface area contributed by atoms with E-state index in [0.29, 0.717) is 43.8 Å². The Bertz CT molecular complexity index is 2730. The number of benzene rings is 5. The van der Waals surface area contributed by atoms with Crippen LogP contribution in [-0.2, 0) is 0 Å². The number of aromatic hydroxyl groups is 4. The molecule has 2 aliphatic rings. The van der Waals surface area contributed by atoms with Gasteiger partial charge in [-0.05, 0) is 73.2 Å². The van der Waals surface area contributed by atoms with Crippen molar-refractivity contribution in [1.29, 1.82) is 5.26 Å². The van der Waals surface area contributed by atoms with Gasteiger partial charge in [-0.15, -0.1) is 0 Å². The lowest BCUT2D eigenvalue weighted by Gasteiger charge is -2.41. The van der Waals surface area contributed by atoms with Gasteiger partial charge in [0.2, 0.25) is 5.71 Å². The van der Waals surface area contributed by atoms with Crippen molar-refractivity contribution in [3.63, 3.8) is 0 Å². The van der Waals surface area contributed by atoms with Crippen LogP contribution in [0.5, 0.6) is 23.0 Å². The van der Waals surface area contributed by atoms with Gasteiger partial charge in [0.1, 0.15) is 36.1 Å². The predicted molar refractivity (Wildman–Crippen MR) is 275 cm³/mol. The normalized spacial score (nSPS) is 13.9. The highest BCUT2D eigenvalue weighted by atomic mass is 16.3. The van der Waals surface area contributed by atoms with Crippen molar-refractivity contribution in [2.75, 3.05) is 31.1 Å². The standard InChI is InChI=1S/C59H68N4O5/c1-6-10-14-18-34-62(35-19-15-11-7-2)57-39-26-22-30-44(64)48(39)53(49-40(57)27-23-31-45(49)65)55-52(43(38-60)61-5)56(59(55)68)54-50-41(28-24-32-46(50)66)58(42-29-25-33-47(67)51(42)54)63(36-20-16-12-8-3)37-21-17-13-9-4/h22-33H,6-21,34-37H2,1-4H3,(H4-,64,65,66,67,68). The highest BCUT2D eigenvalue weighted by Gasteiger charge is 2.42. The zero-order valence-electron chi connectivity index (χ0n) is 40.6. The summed E-state index contributed by atoms with van der Waals surface area (Å²) < 4.78 is 2.36. The van der Waals surface area contributed by atoms with Crippen LogP contribution in [0, 0.1) is 17.9 Å². The molecule has 0 unspecified atom stereocenters. The van der Waals surface area contributed by atoms with Crippen LogP contribution in [0.2, 0.25) is 0 Å². The van der Waals surface area contributed by atoms with E-state index in [1.165, 1.54) is 0 Å². The van der Waals surface area contributed by atoms with E-state index < -0.39 is 5.76 Å². The third-order valence-corrected chi connectivity index (χ3v) is 13.9. The minimum absolute atomic E-state index is 0.0132. The first kappa shape index (κ1) is 49.2. The molecule has 0 spiro atoms. The van der Waals surface area contributed by atoms with Gasteiger partial charge in [0.15, 0.2) is 0 Å². The van der Waals surface area contributed by atoms with Gasteiger partial charge in [0.05, 0.1) is 29.5 Å². The fourth-order valence-corrected chi connectivity index (χ4v) is 10.6. The Morgan fingerprint density at radius 1 is 0.574 bits per heavy atom. The number of fused-ring (bicyclic) bond motifs is 4. The molecule has 0 atom stereocenters. The minimum atomic E-state index is -0.535. The molecule has 0 aromatic heterocycles. The van der Waals surface area contributed by atoms with Gasteiger partial charge in [-0.1, -0.05) is 134 Å². The number of rotatable bonds is 22. The number of hydrogen-bond donors (Lipinski definition) is 4. The van der Waals surface area contributed by atoms with Gasteiger partial charge in [0, 0.05) is 75.3 Å². The van der Waals surface area contributed by atoms with Gasteiger partial charge in [0.25, 0.3) is 5.70 Å². The van der Waals surface area contributed by atoms with Gasteiger partial charge in [-0.25, -0.2) is 14.7 Å². The number of unbranched alkanes of at least 4 members (excludes halogenated alkanes) is 12. The Morgan fingerprint density at radius 3 is 1.46 bits per heavy atom. The molecule has 0 saturated heterocycles. The summed E-state index contributed by atoms with van der Waals surface area (Å²) in [5, 5.41) is 76.8. The van der Waals surface area contributed by atoms with E-state index in [-0.39, 0.29) is 56.6 Å². The van der Waals surface area contributed by atoms with E-state index in [9.17, 15) is 25.7 Å².